The fourth-order valence-electron chi connectivity index (χ4n) is 2.82. The van der Waals surface area contributed by atoms with E-state index >= 15 is 0 Å². The monoisotopic (exact) mass is 184 g/mol. The molecule has 0 aromatic rings. The van der Waals surface area contributed by atoms with Crippen LogP contribution in [0.25, 0.3) is 0 Å². The Morgan fingerprint density at radius 2 is 2.00 bits per heavy atom. The summed E-state index contributed by atoms with van der Waals surface area (Å²) < 4.78 is 0. The molecule has 1 rings (SSSR count). The molecular weight excluding hydrogens is 160 g/mol. The van der Waals surface area contributed by atoms with Gasteiger partial charge in [0.2, 0.25) is 0 Å². The summed E-state index contributed by atoms with van der Waals surface area (Å²) in [5.74, 6) is 7.32. The molecule has 0 radical (unpaired) electrons. The molecule has 0 aromatic heterocycles. The first kappa shape index (κ1) is 11.0. The van der Waals surface area contributed by atoms with Gasteiger partial charge in [0.25, 0.3) is 0 Å². The quantitative estimate of drug-likeness (QED) is 0.520. The number of hydrazine groups is 1. The Bertz CT molecular complexity index is 125. The summed E-state index contributed by atoms with van der Waals surface area (Å²) >= 11 is 0. The Morgan fingerprint density at radius 1 is 1.31 bits per heavy atom. The molecule has 1 aliphatic carbocycles. The molecule has 0 amide bonds. The Kier molecular flexibility index (Phi) is 4.74. The van der Waals surface area contributed by atoms with Crippen molar-refractivity contribution in [3.05, 3.63) is 0 Å². The van der Waals surface area contributed by atoms with Crippen LogP contribution in [0.1, 0.15) is 52.4 Å². The number of hydrogen-bond donors (Lipinski definition) is 2. The minimum atomic E-state index is 0.547. The van der Waals surface area contributed by atoms with Gasteiger partial charge in [0.1, 0.15) is 0 Å². The van der Waals surface area contributed by atoms with Crippen molar-refractivity contribution >= 4 is 0 Å². The van der Waals surface area contributed by atoms with Crippen molar-refractivity contribution < 1.29 is 0 Å². The van der Waals surface area contributed by atoms with Crippen molar-refractivity contribution in [2.24, 2.45) is 17.7 Å². The average Bonchev–Trinajstić information content (AvgIpc) is 2.20. The smallest absolute Gasteiger partial charge is 0.0238 e. The zero-order chi connectivity index (χ0) is 9.68. The molecule has 0 aromatic carbocycles. The summed E-state index contributed by atoms with van der Waals surface area (Å²) in [5.41, 5.74) is 2.99. The van der Waals surface area contributed by atoms with Gasteiger partial charge in [-0.25, -0.2) is 0 Å². The molecule has 13 heavy (non-hydrogen) atoms. The average molecular weight is 184 g/mol. The highest BCUT2D eigenvalue weighted by molar-refractivity contribution is 4.82. The molecule has 1 fully saturated rings. The lowest BCUT2D eigenvalue weighted by Crippen LogP contribution is -2.44. The van der Waals surface area contributed by atoms with Crippen LogP contribution in [0.5, 0.6) is 0 Å². The summed E-state index contributed by atoms with van der Waals surface area (Å²) in [4.78, 5) is 0. The molecule has 2 nitrogen and oxygen atoms in total. The molecule has 0 heterocycles. The van der Waals surface area contributed by atoms with Crippen molar-refractivity contribution in [2.75, 3.05) is 0 Å². The predicted octanol–water partition coefficient (Wildman–Crippen LogP) is 2.44. The van der Waals surface area contributed by atoms with Crippen LogP contribution in [0, 0.1) is 11.8 Å². The Balaban J connectivity index is 2.51. The van der Waals surface area contributed by atoms with E-state index in [4.69, 9.17) is 5.84 Å². The fraction of sp³-hybridized carbons (Fsp3) is 1.00. The number of rotatable bonds is 4. The normalized spacial score (nSPS) is 31.6. The minimum absolute atomic E-state index is 0.547. The maximum Gasteiger partial charge on any atom is 0.0238 e. The Hall–Kier alpha value is -0.0800. The molecule has 0 aliphatic heterocycles. The van der Waals surface area contributed by atoms with E-state index in [9.17, 15) is 0 Å². The second-order valence-corrected chi connectivity index (χ2v) is 4.30. The second kappa shape index (κ2) is 5.61. The standard InChI is InChI=1S/C11H24N2/c1-3-9-7-5-6-8-10(9)11(4-2)13-12/h9-11,13H,3-8,12H2,1-2H3. The van der Waals surface area contributed by atoms with Gasteiger partial charge in [0.05, 0.1) is 0 Å². The topological polar surface area (TPSA) is 38.0 Å². The summed E-state index contributed by atoms with van der Waals surface area (Å²) in [7, 11) is 0. The molecule has 2 heteroatoms. The van der Waals surface area contributed by atoms with Crippen LogP contribution in [0.2, 0.25) is 0 Å². The van der Waals surface area contributed by atoms with Gasteiger partial charge >= 0.3 is 0 Å². The van der Waals surface area contributed by atoms with Crippen LogP contribution in [-0.4, -0.2) is 6.04 Å². The summed E-state index contributed by atoms with van der Waals surface area (Å²) in [6.45, 7) is 4.54. The SMILES string of the molecule is CCC1CCCCC1C(CC)NN. The van der Waals surface area contributed by atoms with Crippen LogP contribution in [-0.2, 0) is 0 Å². The van der Waals surface area contributed by atoms with E-state index < -0.39 is 0 Å². The van der Waals surface area contributed by atoms with Gasteiger partial charge in [-0.3, -0.25) is 11.3 Å². The molecule has 1 aliphatic rings. The third-order valence-electron chi connectivity index (χ3n) is 3.66. The lowest BCUT2D eigenvalue weighted by atomic mass is 9.73. The van der Waals surface area contributed by atoms with E-state index in [-0.39, 0.29) is 0 Å². The van der Waals surface area contributed by atoms with Crippen molar-refractivity contribution in [3.8, 4) is 0 Å². The molecule has 3 atom stereocenters. The first-order chi connectivity index (χ1) is 6.33. The summed E-state index contributed by atoms with van der Waals surface area (Å²) in [6.07, 6.45) is 8.11. The zero-order valence-electron chi connectivity index (χ0n) is 9.05. The first-order valence-corrected chi connectivity index (χ1v) is 5.79. The van der Waals surface area contributed by atoms with Crippen LogP contribution in [0.15, 0.2) is 0 Å². The van der Waals surface area contributed by atoms with Crippen molar-refractivity contribution in [3.63, 3.8) is 0 Å². The van der Waals surface area contributed by atoms with E-state index in [2.05, 4.69) is 19.3 Å². The summed E-state index contributed by atoms with van der Waals surface area (Å²) in [5, 5.41) is 0. The highest BCUT2D eigenvalue weighted by Crippen LogP contribution is 2.34. The number of nitrogens with two attached hydrogens (primary N) is 1. The molecule has 0 bridgehead atoms. The summed E-state index contributed by atoms with van der Waals surface area (Å²) in [6, 6.07) is 0.547. The lowest BCUT2D eigenvalue weighted by Gasteiger charge is -2.36. The third-order valence-corrected chi connectivity index (χ3v) is 3.66. The van der Waals surface area contributed by atoms with Gasteiger partial charge in [-0.2, -0.15) is 0 Å². The Labute approximate surface area is 82.2 Å². The van der Waals surface area contributed by atoms with Crippen molar-refractivity contribution in [1.82, 2.24) is 5.43 Å². The van der Waals surface area contributed by atoms with Gasteiger partial charge in [-0.15, -0.1) is 0 Å². The van der Waals surface area contributed by atoms with Crippen molar-refractivity contribution in [1.29, 1.82) is 0 Å². The van der Waals surface area contributed by atoms with Gasteiger partial charge in [0, 0.05) is 6.04 Å². The predicted molar refractivity (Wildman–Crippen MR) is 57.1 cm³/mol. The van der Waals surface area contributed by atoms with Crippen LogP contribution in [0.4, 0.5) is 0 Å². The van der Waals surface area contributed by atoms with Gasteiger partial charge < -0.3 is 0 Å². The first-order valence-electron chi connectivity index (χ1n) is 5.79. The highest BCUT2D eigenvalue weighted by Gasteiger charge is 2.28. The number of hydrogen-bond acceptors (Lipinski definition) is 2. The lowest BCUT2D eigenvalue weighted by molar-refractivity contribution is 0.172. The third kappa shape index (κ3) is 2.68. The van der Waals surface area contributed by atoms with Crippen LogP contribution < -0.4 is 11.3 Å². The fourth-order valence-corrected chi connectivity index (χ4v) is 2.82. The van der Waals surface area contributed by atoms with Crippen LogP contribution >= 0.6 is 0 Å². The Morgan fingerprint density at radius 3 is 2.54 bits per heavy atom. The maximum absolute atomic E-state index is 5.58. The molecule has 0 saturated heterocycles. The zero-order valence-corrected chi connectivity index (χ0v) is 9.05. The number of nitrogens with one attached hydrogen (secondary N) is 1. The molecule has 3 unspecified atom stereocenters. The van der Waals surface area contributed by atoms with Crippen LogP contribution in [0.3, 0.4) is 0 Å². The van der Waals surface area contributed by atoms with E-state index in [1.165, 1.54) is 32.1 Å². The molecule has 78 valence electrons. The second-order valence-electron chi connectivity index (χ2n) is 4.30. The molecule has 0 spiro atoms. The molecular formula is C11H24N2. The molecule has 3 N–H and O–H groups in total. The maximum atomic E-state index is 5.58. The van der Waals surface area contributed by atoms with Crippen molar-refractivity contribution in [2.45, 2.75) is 58.4 Å². The van der Waals surface area contributed by atoms with E-state index in [1.54, 1.807) is 0 Å². The van der Waals surface area contributed by atoms with E-state index in [0.717, 1.165) is 18.3 Å². The van der Waals surface area contributed by atoms with Gasteiger partial charge in [-0.1, -0.05) is 39.5 Å². The minimum Gasteiger partial charge on any atom is -0.271 e. The molecule has 1 saturated carbocycles. The highest BCUT2D eigenvalue weighted by atomic mass is 15.2. The van der Waals surface area contributed by atoms with E-state index in [0.29, 0.717) is 6.04 Å². The van der Waals surface area contributed by atoms with E-state index in [1.807, 2.05) is 0 Å². The van der Waals surface area contributed by atoms with Gasteiger partial charge in [-0.05, 0) is 24.7 Å². The largest absolute Gasteiger partial charge is 0.271 e. The van der Waals surface area contributed by atoms with Gasteiger partial charge in [0.15, 0.2) is 0 Å².